The van der Waals surface area contributed by atoms with E-state index in [4.69, 9.17) is 0 Å². The Bertz CT molecular complexity index is 294. The fraction of sp³-hybridized carbons (Fsp3) is 0.769. The zero-order chi connectivity index (χ0) is 11.4. The Hall–Kier alpha value is -0.830. The molecule has 2 rings (SSSR count). The number of nitrogens with one attached hydrogen (secondary N) is 1. The van der Waals surface area contributed by atoms with Crippen LogP contribution < -0.4 is 5.32 Å². The molecule has 1 aromatic rings. The monoisotopic (exact) mass is 221 g/mol. The number of hydrogen-bond acceptors (Lipinski definition) is 2. The molecule has 90 valence electrons. The van der Waals surface area contributed by atoms with Gasteiger partial charge in [0.2, 0.25) is 0 Å². The summed E-state index contributed by atoms with van der Waals surface area (Å²) in [6, 6.07) is 1.21. The molecule has 0 aromatic carbocycles. The van der Waals surface area contributed by atoms with Crippen LogP contribution in [-0.2, 0) is 0 Å². The van der Waals surface area contributed by atoms with E-state index in [-0.39, 0.29) is 0 Å². The van der Waals surface area contributed by atoms with E-state index in [1.165, 1.54) is 32.1 Å². The minimum atomic E-state index is 0.595. The average Bonchev–Trinajstić information content (AvgIpc) is 2.83. The maximum Gasteiger partial charge on any atom is 0.0949 e. The third kappa shape index (κ3) is 2.46. The molecular weight excluding hydrogens is 198 g/mol. The van der Waals surface area contributed by atoms with Gasteiger partial charge >= 0.3 is 0 Å². The Labute approximate surface area is 98.3 Å². The van der Waals surface area contributed by atoms with Gasteiger partial charge in [-0.15, -0.1) is 0 Å². The molecule has 1 aliphatic carbocycles. The Kier molecular flexibility index (Phi) is 3.99. The molecule has 3 atom stereocenters. The van der Waals surface area contributed by atoms with Crippen molar-refractivity contribution in [3.8, 4) is 0 Å². The van der Waals surface area contributed by atoms with E-state index < -0.39 is 0 Å². The summed E-state index contributed by atoms with van der Waals surface area (Å²) < 4.78 is 2.28. The van der Waals surface area contributed by atoms with Gasteiger partial charge in [0.1, 0.15) is 0 Å². The van der Waals surface area contributed by atoms with Crippen molar-refractivity contribution in [3.05, 3.63) is 18.7 Å². The summed E-state index contributed by atoms with van der Waals surface area (Å²) in [5, 5.41) is 3.46. The Balaban J connectivity index is 2.05. The summed E-state index contributed by atoms with van der Waals surface area (Å²) in [6.45, 7) is 2.29. The first-order chi connectivity index (χ1) is 7.85. The fourth-order valence-electron chi connectivity index (χ4n) is 3.03. The van der Waals surface area contributed by atoms with Gasteiger partial charge < -0.3 is 9.88 Å². The molecule has 0 radical (unpaired) electrons. The molecule has 3 unspecified atom stereocenters. The number of aromatic nitrogens is 2. The van der Waals surface area contributed by atoms with Gasteiger partial charge in [0.25, 0.3) is 0 Å². The molecule has 0 bridgehead atoms. The van der Waals surface area contributed by atoms with Gasteiger partial charge in [-0.3, -0.25) is 0 Å². The first kappa shape index (κ1) is 11.6. The highest BCUT2D eigenvalue weighted by atomic mass is 15.1. The van der Waals surface area contributed by atoms with Crippen molar-refractivity contribution >= 4 is 0 Å². The zero-order valence-electron chi connectivity index (χ0n) is 10.4. The van der Waals surface area contributed by atoms with E-state index >= 15 is 0 Å². The van der Waals surface area contributed by atoms with Crippen molar-refractivity contribution in [2.24, 2.45) is 5.92 Å². The largest absolute Gasteiger partial charge is 0.333 e. The number of rotatable bonds is 4. The van der Waals surface area contributed by atoms with E-state index in [0.29, 0.717) is 12.1 Å². The first-order valence-electron chi connectivity index (χ1n) is 6.49. The normalized spacial score (nSPS) is 30.5. The van der Waals surface area contributed by atoms with E-state index in [2.05, 4.69) is 35.0 Å². The summed E-state index contributed by atoms with van der Waals surface area (Å²) in [4.78, 5) is 4.17. The quantitative estimate of drug-likeness (QED) is 0.847. The van der Waals surface area contributed by atoms with Crippen LogP contribution in [0.3, 0.4) is 0 Å². The molecule has 1 N–H and O–H groups in total. The fourth-order valence-corrected chi connectivity index (χ4v) is 3.03. The van der Waals surface area contributed by atoms with E-state index in [1.54, 1.807) is 0 Å². The van der Waals surface area contributed by atoms with Crippen LogP contribution in [0.25, 0.3) is 0 Å². The lowest BCUT2D eigenvalue weighted by molar-refractivity contribution is 0.204. The number of likely N-dealkylation sites (N-methyl/N-ethyl adjacent to an activating group) is 1. The highest BCUT2D eigenvalue weighted by Gasteiger charge is 2.29. The molecule has 16 heavy (non-hydrogen) atoms. The van der Waals surface area contributed by atoms with Crippen LogP contribution in [0.1, 0.15) is 45.1 Å². The Morgan fingerprint density at radius 3 is 2.94 bits per heavy atom. The lowest BCUT2D eigenvalue weighted by Crippen LogP contribution is -2.39. The van der Waals surface area contributed by atoms with Crippen molar-refractivity contribution < 1.29 is 0 Å². The molecule has 0 amide bonds. The van der Waals surface area contributed by atoms with Crippen molar-refractivity contribution in [1.82, 2.24) is 14.9 Å². The van der Waals surface area contributed by atoms with Gasteiger partial charge in [-0.1, -0.05) is 19.8 Å². The molecule has 1 fully saturated rings. The molecule has 1 saturated carbocycles. The minimum Gasteiger partial charge on any atom is -0.333 e. The molecule has 1 aromatic heterocycles. The first-order valence-corrected chi connectivity index (χ1v) is 6.49. The summed E-state index contributed by atoms with van der Waals surface area (Å²) in [7, 11) is 2.08. The second kappa shape index (κ2) is 5.48. The van der Waals surface area contributed by atoms with Crippen LogP contribution in [0, 0.1) is 5.92 Å². The lowest BCUT2D eigenvalue weighted by Gasteiger charge is -2.36. The summed E-state index contributed by atoms with van der Waals surface area (Å²) in [6.07, 6.45) is 12.6. The van der Waals surface area contributed by atoms with Gasteiger partial charge in [0.15, 0.2) is 0 Å². The van der Waals surface area contributed by atoms with Gasteiger partial charge in [0, 0.05) is 18.4 Å². The number of nitrogens with zero attached hydrogens (tertiary/aromatic N) is 2. The molecule has 1 aliphatic rings. The van der Waals surface area contributed by atoms with Gasteiger partial charge in [-0.05, 0) is 32.2 Å². The Morgan fingerprint density at radius 1 is 1.44 bits per heavy atom. The number of hydrogen-bond donors (Lipinski definition) is 1. The predicted octanol–water partition coefficient (Wildman–Crippen LogP) is 2.61. The van der Waals surface area contributed by atoms with E-state index in [1.807, 2.05) is 12.5 Å². The standard InChI is InChI=1S/C13H23N3/c1-3-4-11-5-6-12(14-2)13(9-11)16-8-7-15-10-16/h7-8,10-14H,3-6,9H2,1-2H3. The lowest BCUT2D eigenvalue weighted by atomic mass is 9.80. The molecule has 0 saturated heterocycles. The molecule has 3 nitrogen and oxygen atoms in total. The second-order valence-electron chi connectivity index (χ2n) is 4.94. The summed E-state index contributed by atoms with van der Waals surface area (Å²) >= 11 is 0. The van der Waals surface area contributed by atoms with E-state index in [0.717, 1.165) is 5.92 Å². The third-order valence-electron chi connectivity index (χ3n) is 3.90. The smallest absolute Gasteiger partial charge is 0.0949 e. The number of imidazole rings is 1. The van der Waals surface area contributed by atoms with Crippen LogP contribution in [0.2, 0.25) is 0 Å². The average molecular weight is 221 g/mol. The van der Waals surface area contributed by atoms with Gasteiger partial charge in [0.05, 0.1) is 12.4 Å². The SMILES string of the molecule is CCCC1CCC(NC)C(n2ccnc2)C1. The van der Waals surface area contributed by atoms with Crippen LogP contribution >= 0.6 is 0 Å². The third-order valence-corrected chi connectivity index (χ3v) is 3.90. The highest BCUT2D eigenvalue weighted by Crippen LogP contribution is 2.34. The van der Waals surface area contributed by atoms with Crippen LogP contribution in [-0.4, -0.2) is 22.6 Å². The molecule has 0 spiro atoms. The van der Waals surface area contributed by atoms with Gasteiger partial charge in [-0.25, -0.2) is 4.98 Å². The topological polar surface area (TPSA) is 29.9 Å². The highest BCUT2D eigenvalue weighted by molar-refractivity contribution is 4.91. The predicted molar refractivity (Wildman–Crippen MR) is 66.4 cm³/mol. The molecule has 0 aliphatic heterocycles. The van der Waals surface area contributed by atoms with Crippen molar-refractivity contribution in [1.29, 1.82) is 0 Å². The van der Waals surface area contributed by atoms with Gasteiger partial charge in [-0.2, -0.15) is 0 Å². The zero-order valence-corrected chi connectivity index (χ0v) is 10.4. The van der Waals surface area contributed by atoms with Crippen molar-refractivity contribution in [3.63, 3.8) is 0 Å². The maximum atomic E-state index is 4.17. The van der Waals surface area contributed by atoms with E-state index in [9.17, 15) is 0 Å². The van der Waals surface area contributed by atoms with Crippen LogP contribution in [0.15, 0.2) is 18.7 Å². The molecule has 1 heterocycles. The van der Waals surface area contributed by atoms with Crippen molar-refractivity contribution in [2.75, 3.05) is 7.05 Å². The maximum absolute atomic E-state index is 4.17. The molecular formula is C13H23N3. The molecule has 3 heteroatoms. The summed E-state index contributed by atoms with van der Waals surface area (Å²) in [5.74, 6) is 0.905. The van der Waals surface area contributed by atoms with Crippen LogP contribution in [0.5, 0.6) is 0 Å². The Morgan fingerprint density at radius 2 is 2.31 bits per heavy atom. The summed E-state index contributed by atoms with van der Waals surface area (Å²) in [5.41, 5.74) is 0. The second-order valence-corrected chi connectivity index (χ2v) is 4.94. The van der Waals surface area contributed by atoms with Crippen LogP contribution in [0.4, 0.5) is 0 Å². The minimum absolute atomic E-state index is 0.595. The van der Waals surface area contributed by atoms with Crippen molar-refractivity contribution in [2.45, 2.75) is 51.1 Å².